The number of hydrogen-bond donors (Lipinski definition) is 1. The van der Waals surface area contributed by atoms with Gasteiger partial charge in [-0.15, -0.1) is 0 Å². The van der Waals surface area contributed by atoms with Crippen molar-refractivity contribution in [2.75, 3.05) is 5.75 Å². The fourth-order valence-corrected chi connectivity index (χ4v) is 3.72. The fraction of sp³-hybridized carbons (Fsp3) is 0.174. The lowest BCUT2D eigenvalue weighted by Crippen LogP contribution is -2.10. The number of nitrogens with zero attached hydrogens (tertiary/aromatic N) is 3. The van der Waals surface area contributed by atoms with E-state index in [0.29, 0.717) is 5.16 Å². The lowest BCUT2D eigenvalue weighted by Gasteiger charge is -2.06. The van der Waals surface area contributed by atoms with E-state index in [9.17, 15) is 4.79 Å². The minimum atomic E-state index is -0.298. The van der Waals surface area contributed by atoms with Crippen LogP contribution in [0.5, 0.6) is 0 Å². The maximum Gasteiger partial charge on any atom is 0.185 e. The Morgan fingerprint density at radius 3 is 2.52 bits per heavy atom. The Kier molecular flexibility index (Phi) is 6.20. The average molecular weight is 403 g/mol. The van der Waals surface area contributed by atoms with Crippen molar-refractivity contribution in [1.29, 1.82) is 5.26 Å². The van der Waals surface area contributed by atoms with E-state index >= 15 is 0 Å². The molecule has 0 aliphatic heterocycles. The molecule has 0 atom stereocenters. The summed E-state index contributed by atoms with van der Waals surface area (Å²) in [4.78, 5) is 17.2. The molecular weight excluding hydrogens is 380 g/mol. The number of ketones is 1. The van der Waals surface area contributed by atoms with Crippen LogP contribution < -0.4 is 5.73 Å². The molecule has 0 bridgehead atoms. The number of aromatic nitrogens is 2. The van der Waals surface area contributed by atoms with Crippen LogP contribution >= 0.6 is 11.8 Å². The summed E-state index contributed by atoms with van der Waals surface area (Å²) in [6.07, 6.45) is 1.97. The van der Waals surface area contributed by atoms with Crippen molar-refractivity contribution in [3.8, 4) is 23.0 Å². The molecule has 146 valence electrons. The van der Waals surface area contributed by atoms with Gasteiger partial charge in [-0.25, -0.2) is 4.98 Å². The number of nitriles is 1. The number of benzene rings is 2. The van der Waals surface area contributed by atoms with Crippen molar-refractivity contribution >= 4 is 17.5 Å². The normalized spacial score (nSPS) is 11.7. The lowest BCUT2D eigenvalue weighted by atomic mass is 10.0. The first-order valence-corrected chi connectivity index (χ1v) is 10.1. The molecule has 3 aromatic rings. The van der Waals surface area contributed by atoms with Gasteiger partial charge in [-0.1, -0.05) is 42.1 Å². The monoisotopic (exact) mass is 402 g/mol. The van der Waals surface area contributed by atoms with Gasteiger partial charge in [-0.05, 0) is 50.1 Å². The number of aryl methyl sites for hydroxylation is 2. The van der Waals surface area contributed by atoms with Crippen LogP contribution in [0.25, 0.3) is 16.9 Å². The number of imidazole rings is 1. The van der Waals surface area contributed by atoms with Crippen LogP contribution in [0.4, 0.5) is 0 Å². The highest BCUT2D eigenvalue weighted by Crippen LogP contribution is 2.28. The Morgan fingerprint density at radius 1 is 1.17 bits per heavy atom. The van der Waals surface area contributed by atoms with E-state index in [2.05, 4.69) is 26.0 Å². The molecule has 0 amide bonds. The summed E-state index contributed by atoms with van der Waals surface area (Å²) >= 11 is 1.30. The number of carbonyl (C=O) groups excluding carboxylic acids is 1. The fourth-order valence-electron chi connectivity index (χ4n) is 2.85. The van der Waals surface area contributed by atoms with Gasteiger partial charge in [0.1, 0.15) is 11.6 Å². The van der Waals surface area contributed by atoms with E-state index in [-0.39, 0.29) is 22.8 Å². The third-order valence-electron chi connectivity index (χ3n) is 4.63. The maximum atomic E-state index is 12.4. The zero-order chi connectivity index (χ0) is 21.0. The lowest BCUT2D eigenvalue weighted by molar-refractivity contribution is -0.112. The minimum Gasteiger partial charge on any atom is -0.401 e. The standard InChI is InChI=1S/C23H22N4OS/c1-15-9-10-18(11-16(15)2)21-13-27(19-7-5-4-6-8-19)23(26-21)29-14-22(28)20(12-24)17(3)25/h4-11,13H,14,25H2,1-3H3/b20-17+. The molecule has 29 heavy (non-hydrogen) atoms. The van der Waals surface area contributed by atoms with Crippen molar-refractivity contribution < 1.29 is 4.79 Å². The smallest absolute Gasteiger partial charge is 0.185 e. The molecule has 0 radical (unpaired) electrons. The van der Waals surface area contributed by atoms with Crippen LogP contribution in [0, 0.1) is 25.2 Å². The zero-order valence-corrected chi connectivity index (χ0v) is 17.5. The molecule has 0 fully saturated rings. The van der Waals surface area contributed by atoms with Gasteiger partial charge in [0.2, 0.25) is 0 Å². The molecule has 1 aromatic heterocycles. The summed E-state index contributed by atoms with van der Waals surface area (Å²) < 4.78 is 1.97. The molecule has 0 saturated heterocycles. The van der Waals surface area contributed by atoms with E-state index in [1.807, 2.05) is 53.2 Å². The number of para-hydroxylation sites is 1. The van der Waals surface area contributed by atoms with Gasteiger partial charge < -0.3 is 5.73 Å². The molecule has 1 heterocycles. The minimum absolute atomic E-state index is 0.00435. The molecule has 0 unspecified atom stereocenters. The molecule has 5 nitrogen and oxygen atoms in total. The quantitative estimate of drug-likeness (QED) is 0.371. The summed E-state index contributed by atoms with van der Waals surface area (Å²) in [5.74, 6) is -0.207. The second kappa shape index (κ2) is 8.80. The van der Waals surface area contributed by atoms with E-state index < -0.39 is 0 Å². The Bertz CT molecular complexity index is 1120. The molecule has 2 aromatic carbocycles. The predicted octanol–water partition coefficient (Wildman–Crippen LogP) is 4.57. The summed E-state index contributed by atoms with van der Waals surface area (Å²) in [5.41, 5.74) is 11.1. The molecule has 6 heteroatoms. The van der Waals surface area contributed by atoms with E-state index in [1.165, 1.54) is 22.9 Å². The van der Waals surface area contributed by atoms with E-state index in [4.69, 9.17) is 16.0 Å². The Morgan fingerprint density at radius 2 is 1.90 bits per heavy atom. The highest BCUT2D eigenvalue weighted by molar-refractivity contribution is 7.99. The largest absolute Gasteiger partial charge is 0.401 e. The van der Waals surface area contributed by atoms with Crippen LogP contribution in [-0.2, 0) is 4.79 Å². The average Bonchev–Trinajstić information content (AvgIpc) is 3.13. The highest BCUT2D eigenvalue weighted by Gasteiger charge is 2.17. The van der Waals surface area contributed by atoms with Crippen LogP contribution in [0.15, 0.2) is 71.2 Å². The Balaban J connectivity index is 1.98. The van der Waals surface area contributed by atoms with Gasteiger partial charge in [0.15, 0.2) is 10.9 Å². The maximum absolute atomic E-state index is 12.4. The number of allylic oxidation sites excluding steroid dienone is 2. The van der Waals surface area contributed by atoms with Gasteiger partial charge in [0.25, 0.3) is 0 Å². The van der Waals surface area contributed by atoms with Crippen molar-refractivity contribution in [2.24, 2.45) is 5.73 Å². The number of carbonyl (C=O) groups is 1. The number of hydrogen-bond acceptors (Lipinski definition) is 5. The molecule has 0 aliphatic rings. The van der Waals surface area contributed by atoms with Crippen molar-refractivity contribution in [2.45, 2.75) is 25.9 Å². The van der Waals surface area contributed by atoms with Gasteiger partial charge in [-0.3, -0.25) is 9.36 Å². The summed E-state index contributed by atoms with van der Waals surface area (Å²) in [5, 5.41) is 9.84. The molecule has 3 rings (SSSR count). The van der Waals surface area contributed by atoms with Crippen molar-refractivity contribution in [3.05, 3.63) is 77.1 Å². The number of thioether (sulfide) groups is 1. The summed E-state index contributed by atoms with van der Waals surface area (Å²) in [6, 6.07) is 18.0. The van der Waals surface area contributed by atoms with E-state index in [0.717, 1.165) is 16.9 Å². The zero-order valence-electron chi connectivity index (χ0n) is 16.6. The molecule has 0 saturated carbocycles. The first-order chi connectivity index (χ1) is 13.9. The second-order valence-corrected chi connectivity index (χ2v) is 7.74. The Hall–Kier alpha value is -3.30. The van der Waals surface area contributed by atoms with Gasteiger partial charge in [0.05, 0.1) is 11.4 Å². The molecule has 0 aliphatic carbocycles. The number of nitrogens with two attached hydrogens (primary N) is 1. The summed E-state index contributed by atoms with van der Waals surface area (Å²) in [6.45, 7) is 5.71. The number of rotatable bonds is 6. The van der Waals surface area contributed by atoms with Gasteiger partial charge in [-0.2, -0.15) is 5.26 Å². The first kappa shape index (κ1) is 20.4. The van der Waals surface area contributed by atoms with Crippen LogP contribution in [0.2, 0.25) is 0 Å². The SMILES string of the molecule is C/C(N)=C(/C#N)C(=O)CSc1nc(-c2ccc(C)c(C)c2)cn1-c1ccccc1. The van der Waals surface area contributed by atoms with Crippen LogP contribution in [-0.4, -0.2) is 21.1 Å². The topological polar surface area (TPSA) is 84.7 Å². The molecular formula is C23H22N4OS. The third kappa shape index (κ3) is 4.58. The number of Topliss-reactive ketones (excluding diaryl/α,β-unsaturated/α-hetero) is 1. The molecule has 2 N–H and O–H groups in total. The highest BCUT2D eigenvalue weighted by atomic mass is 32.2. The van der Waals surface area contributed by atoms with Crippen LogP contribution in [0.1, 0.15) is 18.1 Å². The first-order valence-electron chi connectivity index (χ1n) is 9.15. The summed E-state index contributed by atoms with van der Waals surface area (Å²) in [7, 11) is 0. The van der Waals surface area contributed by atoms with Crippen molar-refractivity contribution in [3.63, 3.8) is 0 Å². The van der Waals surface area contributed by atoms with Gasteiger partial charge in [0, 0.05) is 23.1 Å². The Labute approximate surface area is 174 Å². The van der Waals surface area contributed by atoms with E-state index in [1.54, 1.807) is 6.92 Å². The van der Waals surface area contributed by atoms with Crippen molar-refractivity contribution in [1.82, 2.24) is 9.55 Å². The van der Waals surface area contributed by atoms with Gasteiger partial charge >= 0.3 is 0 Å². The van der Waals surface area contributed by atoms with Crippen LogP contribution in [0.3, 0.4) is 0 Å². The second-order valence-electron chi connectivity index (χ2n) is 6.79. The molecule has 0 spiro atoms. The predicted molar refractivity (Wildman–Crippen MR) is 117 cm³/mol. The third-order valence-corrected chi connectivity index (χ3v) is 5.58.